The maximum Gasteiger partial charge on any atom is 0.191 e. The summed E-state index contributed by atoms with van der Waals surface area (Å²) in [6.07, 6.45) is 5.00. The monoisotopic (exact) mass is 324 g/mol. The van der Waals surface area contributed by atoms with Crippen LogP contribution < -0.4 is 10.7 Å². The van der Waals surface area contributed by atoms with Crippen LogP contribution in [0, 0.1) is 0 Å². The predicted molar refractivity (Wildman–Crippen MR) is 87.6 cm³/mol. The van der Waals surface area contributed by atoms with Gasteiger partial charge in [0, 0.05) is 23.0 Å². The molecule has 0 radical (unpaired) electrons. The SMILES string of the molecule is S=C(N/N=C/c1cccnc1)Nc1ccc(Cl)cc1Cl. The van der Waals surface area contributed by atoms with E-state index in [1.807, 2.05) is 12.1 Å². The van der Waals surface area contributed by atoms with Gasteiger partial charge in [0.25, 0.3) is 0 Å². The Morgan fingerprint density at radius 1 is 1.30 bits per heavy atom. The van der Waals surface area contributed by atoms with Crippen LogP contribution in [-0.4, -0.2) is 16.3 Å². The molecule has 1 heterocycles. The molecular weight excluding hydrogens is 315 g/mol. The van der Waals surface area contributed by atoms with Crippen LogP contribution in [0.15, 0.2) is 47.8 Å². The molecule has 0 saturated carbocycles. The van der Waals surface area contributed by atoms with Crippen molar-refractivity contribution in [2.24, 2.45) is 5.10 Å². The molecule has 7 heteroatoms. The van der Waals surface area contributed by atoms with Crippen molar-refractivity contribution < 1.29 is 0 Å². The van der Waals surface area contributed by atoms with E-state index in [0.717, 1.165) is 5.56 Å². The molecule has 0 saturated heterocycles. The number of nitrogens with one attached hydrogen (secondary N) is 2. The van der Waals surface area contributed by atoms with E-state index >= 15 is 0 Å². The van der Waals surface area contributed by atoms with Gasteiger partial charge >= 0.3 is 0 Å². The summed E-state index contributed by atoms with van der Waals surface area (Å²) < 4.78 is 0. The number of halogens is 2. The summed E-state index contributed by atoms with van der Waals surface area (Å²) in [5.74, 6) is 0. The first-order valence-corrected chi connectivity index (χ1v) is 6.77. The quantitative estimate of drug-likeness (QED) is 0.513. The van der Waals surface area contributed by atoms with E-state index in [4.69, 9.17) is 35.4 Å². The number of hydrogen-bond acceptors (Lipinski definition) is 3. The first-order valence-electron chi connectivity index (χ1n) is 5.60. The van der Waals surface area contributed by atoms with Crippen LogP contribution in [0.25, 0.3) is 0 Å². The molecule has 0 bridgehead atoms. The molecule has 0 atom stereocenters. The second-order valence-corrected chi connectivity index (χ2v) is 4.99. The Balaban J connectivity index is 1.91. The van der Waals surface area contributed by atoms with E-state index in [1.165, 1.54) is 0 Å². The van der Waals surface area contributed by atoms with Gasteiger partial charge in [-0.05, 0) is 36.5 Å². The smallest absolute Gasteiger partial charge is 0.191 e. The summed E-state index contributed by atoms with van der Waals surface area (Å²) in [4.78, 5) is 3.97. The third kappa shape index (κ3) is 4.45. The molecule has 0 unspecified atom stereocenters. The zero-order valence-electron chi connectivity index (χ0n) is 10.2. The minimum Gasteiger partial charge on any atom is -0.330 e. The molecule has 0 aliphatic heterocycles. The first kappa shape index (κ1) is 14.7. The summed E-state index contributed by atoms with van der Waals surface area (Å²) >= 11 is 16.9. The van der Waals surface area contributed by atoms with E-state index in [9.17, 15) is 0 Å². The highest BCUT2D eigenvalue weighted by atomic mass is 35.5. The van der Waals surface area contributed by atoms with Crippen LogP contribution in [0.3, 0.4) is 0 Å². The molecule has 0 amide bonds. The third-order valence-corrected chi connectivity index (χ3v) is 2.98. The van der Waals surface area contributed by atoms with E-state index in [0.29, 0.717) is 20.8 Å². The average Bonchev–Trinajstić information content (AvgIpc) is 2.43. The summed E-state index contributed by atoms with van der Waals surface area (Å²) in [5.41, 5.74) is 4.22. The highest BCUT2D eigenvalue weighted by Gasteiger charge is 2.02. The lowest BCUT2D eigenvalue weighted by molar-refractivity contribution is 1.05. The van der Waals surface area contributed by atoms with Gasteiger partial charge in [-0.25, -0.2) is 0 Å². The molecule has 0 aliphatic rings. The van der Waals surface area contributed by atoms with Gasteiger partial charge in [0.15, 0.2) is 5.11 Å². The lowest BCUT2D eigenvalue weighted by atomic mass is 10.3. The molecule has 0 fully saturated rings. The second-order valence-electron chi connectivity index (χ2n) is 3.73. The first-order chi connectivity index (χ1) is 9.65. The van der Waals surface area contributed by atoms with Crippen LogP contribution >= 0.6 is 35.4 Å². The fourth-order valence-electron chi connectivity index (χ4n) is 1.36. The van der Waals surface area contributed by atoms with Crippen molar-refractivity contribution in [2.45, 2.75) is 0 Å². The van der Waals surface area contributed by atoms with Crippen LogP contribution in [0.5, 0.6) is 0 Å². The highest BCUT2D eigenvalue weighted by Crippen LogP contribution is 2.25. The van der Waals surface area contributed by atoms with Gasteiger partial charge in [-0.2, -0.15) is 5.10 Å². The zero-order chi connectivity index (χ0) is 14.4. The number of rotatable bonds is 3. The van der Waals surface area contributed by atoms with Gasteiger partial charge in [-0.3, -0.25) is 10.4 Å². The maximum absolute atomic E-state index is 6.02. The van der Waals surface area contributed by atoms with Gasteiger partial charge in [0.05, 0.1) is 16.9 Å². The van der Waals surface area contributed by atoms with E-state index < -0.39 is 0 Å². The van der Waals surface area contributed by atoms with Crippen molar-refractivity contribution in [3.63, 3.8) is 0 Å². The minimum atomic E-state index is 0.328. The molecule has 4 nitrogen and oxygen atoms in total. The Morgan fingerprint density at radius 2 is 2.15 bits per heavy atom. The maximum atomic E-state index is 6.02. The number of hydrogen-bond donors (Lipinski definition) is 2. The molecule has 2 aromatic rings. The molecule has 20 heavy (non-hydrogen) atoms. The molecule has 102 valence electrons. The van der Waals surface area contributed by atoms with E-state index in [2.05, 4.69) is 20.8 Å². The minimum absolute atomic E-state index is 0.328. The molecule has 0 aliphatic carbocycles. The Bertz CT molecular complexity index is 632. The molecule has 1 aromatic heterocycles. The number of anilines is 1. The molecule has 2 N–H and O–H groups in total. The van der Waals surface area contributed by atoms with Crippen LogP contribution in [0.1, 0.15) is 5.56 Å². The second kappa shape index (κ2) is 7.19. The zero-order valence-corrected chi connectivity index (χ0v) is 12.5. The van der Waals surface area contributed by atoms with Crippen LogP contribution in [0.2, 0.25) is 10.0 Å². The summed E-state index contributed by atoms with van der Waals surface area (Å²) in [6.45, 7) is 0. The molecular formula is C13H10Cl2N4S. The van der Waals surface area contributed by atoms with Crippen molar-refractivity contribution in [2.75, 3.05) is 5.32 Å². The van der Waals surface area contributed by atoms with E-state index in [-0.39, 0.29) is 0 Å². The molecule has 1 aromatic carbocycles. The Labute approximate surface area is 131 Å². The Kier molecular flexibility index (Phi) is 5.29. The largest absolute Gasteiger partial charge is 0.330 e. The molecule has 0 spiro atoms. The third-order valence-electron chi connectivity index (χ3n) is 2.24. The average molecular weight is 325 g/mol. The number of benzene rings is 1. The standard InChI is InChI=1S/C13H10Cl2N4S/c14-10-3-4-12(11(15)6-10)18-13(20)19-17-8-9-2-1-5-16-7-9/h1-8H,(H2,18,19,20)/b17-8+. The number of hydrazone groups is 1. The fraction of sp³-hybridized carbons (Fsp3) is 0. The van der Waals surface area contributed by atoms with Gasteiger partial charge in [0.1, 0.15) is 0 Å². The lowest BCUT2D eigenvalue weighted by Gasteiger charge is -2.08. The van der Waals surface area contributed by atoms with Gasteiger partial charge in [0.2, 0.25) is 0 Å². The predicted octanol–water partition coefficient (Wildman–Crippen LogP) is 3.71. The van der Waals surface area contributed by atoms with Gasteiger partial charge in [-0.15, -0.1) is 0 Å². The van der Waals surface area contributed by atoms with Crippen molar-refractivity contribution in [1.82, 2.24) is 10.4 Å². The fourth-order valence-corrected chi connectivity index (χ4v) is 1.98. The number of pyridine rings is 1. The van der Waals surface area contributed by atoms with Crippen LogP contribution in [-0.2, 0) is 0 Å². The Hall–Kier alpha value is -1.69. The topological polar surface area (TPSA) is 49.3 Å². The van der Waals surface area contributed by atoms with Crippen molar-refractivity contribution in [1.29, 1.82) is 0 Å². The highest BCUT2D eigenvalue weighted by molar-refractivity contribution is 7.80. The summed E-state index contributed by atoms with van der Waals surface area (Å²) in [6, 6.07) is 8.80. The van der Waals surface area contributed by atoms with Gasteiger partial charge < -0.3 is 5.32 Å². The number of thiocarbonyl (C=S) groups is 1. The number of nitrogens with zero attached hydrogens (tertiary/aromatic N) is 2. The molecule has 2 rings (SSSR count). The number of aromatic nitrogens is 1. The van der Waals surface area contributed by atoms with Crippen molar-refractivity contribution >= 4 is 52.4 Å². The normalized spacial score (nSPS) is 10.5. The van der Waals surface area contributed by atoms with E-state index in [1.54, 1.807) is 36.8 Å². The lowest BCUT2D eigenvalue weighted by Crippen LogP contribution is -2.24. The van der Waals surface area contributed by atoms with Gasteiger partial charge in [-0.1, -0.05) is 29.3 Å². The summed E-state index contributed by atoms with van der Waals surface area (Å²) in [7, 11) is 0. The van der Waals surface area contributed by atoms with Crippen molar-refractivity contribution in [3.8, 4) is 0 Å². The van der Waals surface area contributed by atoms with Crippen molar-refractivity contribution in [3.05, 3.63) is 58.3 Å². The Morgan fingerprint density at radius 3 is 2.85 bits per heavy atom. The summed E-state index contributed by atoms with van der Waals surface area (Å²) in [5, 5.41) is 8.30. The van der Waals surface area contributed by atoms with Crippen LogP contribution in [0.4, 0.5) is 5.69 Å².